The number of aromatic nitrogens is 1. The summed E-state index contributed by atoms with van der Waals surface area (Å²) in [5.41, 5.74) is 4.01. The highest BCUT2D eigenvalue weighted by Crippen LogP contribution is 2.31. The second-order valence-corrected chi connectivity index (χ2v) is 7.32. The zero-order valence-corrected chi connectivity index (χ0v) is 16.4. The van der Waals surface area contributed by atoms with Crippen LogP contribution in [0.3, 0.4) is 0 Å². The summed E-state index contributed by atoms with van der Waals surface area (Å²) in [6.45, 7) is 3.68. The lowest BCUT2D eigenvalue weighted by Gasteiger charge is -2.33. The van der Waals surface area contributed by atoms with Gasteiger partial charge in [0.1, 0.15) is 6.10 Å². The average Bonchev–Trinajstić information content (AvgIpc) is 2.79. The van der Waals surface area contributed by atoms with Gasteiger partial charge < -0.3 is 15.4 Å². The Morgan fingerprint density at radius 3 is 2.66 bits per heavy atom. The van der Waals surface area contributed by atoms with Gasteiger partial charge in [-0.3, -0.25) is 0 Å². The Morgan fingerprint density at radius 2 is 1.90 bits per heavy atom. The van der Waals surface area contributed by atoms with Crippen molar-refractivity contribution in [1.29, 1.82) is 5.26 Å². The first kappa shape index (κ1) is 19.0. The van der Waals surface area contributed by atoms with Gasteiger partial charge in [-0.2, -0.15) is 5.26 Å². The van der Waals surface area contributed by atoms with E-state index < -0.39 is 0 Å². The topological polar surface area (TPSA) is 70.0 Å². The van der Waals surface area contributed by atoms with Crippen LogP contribution in [0.15, 0.2) is 72.9 Å². The second kappa shape index (κ2) is 8.76. The van der Waals surface area contributed by atoms with Gasteiger partial charge in [-0.25, -0.2) is 4.98 Å². The summed E-state index contributed by atoms with van der Waals surface area (Å²) in [6, 6.07) is 24.3. The summed E-state index contributed by atoms with van der Waals surface area (Å²) in [4.78, 5) is 4.37. The molecule has 5 nitrogen and oxygen atoms in total. The number of hydrogen-bond acceptors (Lipinski definition) is 5. The van der Waals surface area contributed by atoms with Crippen LogP contribution in [0, 0.1) is 11.3 Å². The Labute approximate surface area is 171 Å². The van der Waals surface area contributed by atoms with E-state index in [1.165, 1.54) is 11.1 Å². The number of ether oxygens (including phenoxy) is 1. The minimum atomic E-state index is -0.0760. The van der Waals surface area contributed by atoms with Crippen molar-refractivity contribution in [2.75, 3.05) is 18.4 Å². The fraction of sp³-hybridized carbons (Fsp3) is 0.250. The van der Waals surface area contributed by atoms with Gasteiger partial charge in [-0.1, -0.05) is 49.4 Å². The SMILES string of the molecule is CC(CN[C@H](c1ccccc1)[C@@H]1CNc2cccnc2O1)c1ccc(C#N)cc1. The highest BCUT2D eigenvalue weighted by Gasteiger charge is 2.29. The zero-order valence-electron chi connectivity index (χ0n) is 16.4. The summed E-state index contributed by atoms with van der Waals surface area (Å²) < 4.78 is 6.24. The van der Waals surface area contributed by atoms with Gasteiger partial charge in [0, 0.05) is 12.7 Å². The number of nitrogens with zero attached hydrogens (tertiary/aromatic N) is 2. The lowest BCUT2D eigenvalue weighted by atomic mass is 9.96. The molecular weight excluding hydrogens is 360 g/mol. The van der Waals surface area contributed by atoms with Crippen molar-refractivity contribution in [3.05, 3.63) is 89.6 Å². The molecule has 0 amide bonds. The molecule has 1 aliphatic rings. The Bertz CT molecular complexity index is 982. The first-order valence-corrected chi connectivity index (χ1v) is 9.88. The van der Waals surface area contributed by atoms with Gasteiger partial charge >= 0.3 is 0 Å². The van der Waals surface area contributed by atoms with E-state index in [1.807, 2.05) is 42.5 Å². The van der Waals surface area contributed by atoms with Crippen LogP contribution in [0.4, 0.5) is 5.69 Å². The molecule has 0 saturated heterocycles. The van der Waals surface area contributed by atoms with E-state index in [2.05, 4.69) is 52.9 Å². The number of rotatable bonds is 6. The zero-order chi connectivity index (χ0) is 20.1. The summed E-state index contributed by atoms with van der Waals surface area (Å²) in [6.07, 6.45) is 1.67. The van der Waals surface area contributed by atoms with E-state index in [1.54, 1.807) is 6.20 Å². The lowest BCUT2D eigenvalue weighted by Crippen LogP contribution is -2.43. The van der Waals surface area contributed by atoms with Crippen LogP contribution in [0.1, 0.15) is 35.6 Å². The molecule has 146 valence electrons. The minimum absolute atomic E-state index is 0.0275. The van der Waals surface area contributed by atoms with Crippen molar-refractivity contribution < 1.29 is 4.74 Å². The predicted molar refractivity (Wildman–Crippen MR) is 114 cm³/mol. The number of nitriles is 1. The molecule has 1 aliphatic heterocycles. The van der Waals surface area contributed by atoms with Crippen LogP contribution in [-0.2, 0) is 0 Å². The third kappa shape index (κ3) is 4.39. The molecule has 0 fully saturated rings. The Morgan fingerprint density at radius 1 is 1.10 bits per heavy atom. The van der Waals surface area contributed by atoms with Gasteiger partial charge in [-0.15, -0.1) is 0 Å². The maximum absolute atomic E-state index is 9.00. The van der Waals surface area contributed by atoms with E-state index in [-0.39, 0.29) is 12.1 Å². The van der Waals surface area contributed by atoms with Gasteiger partial charge in [0.2, 0.25) is 5.88 Å². The molecule has 2 heterocycles. The highest BCUT2D eigenvalue weighted by molar-refractivity contribution is 5.54. The number of anilines is 1. The van der Waals surface area contributed by atoms with Gasteiger partial charge in [-0.05, 0) is 41.3 Å². The molecule has 3 atom stereocenters. The van der Waals surface area contributed by atoms with Crippen LogP contribution in [0.5, 0.6) is 5.88 Å². The van der Waals surface area contributed by atoms with E-state index in [0.29, 0.717) is 23.9 Å². The molecule has 1 unspecified atom stereocenters. The quantitative estimate of drug-likeness (QED) is 0.664. The Hall–Kier alpha value is -3.36. The van der Waals surface area contributed by atoms with Gasteiger partial charge in [0.25, 0.3) is 0 Å². The number of pyridine rings is 1. The van der Waals surface area contributed by atoms with Crippen molar-refractivity contribution in [2.45, 2.75) is 25.0 Å². The van der Waals surface area contributed by atoms with Gasteiger partial charge in [0.15, 0.2) is 0 Å². The lowest BCUT2D eigenvalue weighted by molar-refractivity contribution is 0.149. The molecule has 0 bridgehead atoms. The Kier molecular flexibility index (Phi) is 5.73. The molecular formula is C24H24N4O. The van der Waals surface area contributed by atoms with Crippen molar-refractivity contribution in [3.63, 3.8) is 0 Å². The summed E-state index contributed by atoms with van der Waals surface area (Å²) >= 11 is 0. The minimum Gasteiger partial charge on any atom is -0.469 e. The average molecular weight is 384 g/mol. The third-order valence-electron chi connectivity index (χ3n) is 5.31. The standard InChI is InChI=1S/C24H24N4O/c1-17(19-11-9-18(14-25)10-12-19)15-28-23(20-6-3-2-4-7-20)22-16-27-21-8-5-13-26-24(21)29-22/h2-13,17,22-23,27-28H,15-16H2,1H3/t17?,22-,23+/m0/s1. The molecule has 29 heavy (non-hydrogen) atoms. The number of nitrogens with one attached hydrogen (secondary N) is 2. The van der Waals surface area contributed by atoms with Crippen molar-refractivity contribution in [1.82, 2.24) is 10.3 Å². The number of benzene rings is 2. The molecule has 1 aromatic heterocycles. The predicted octanol–water partition coefficient (Wildman–Crippen LogP) is 4.26. The first-order valence-electron chi connectivity index (χ1n) is 9.88. The van der Waals surface area contributed by atoms with Crippen LogP contribution < -0.4 is 15.4 Å². The monoisotopic (exact) mass is 384 g/mol. The first-order chi connectivity index (χ1) is 14.2. The summed E-state index contributed by atoms with van der Waals surface area (Å²) in [5, 5.41) is 16.1. The fourth-order valence-electron chi connectivity index (χ4n) is 3.63. The van der Waals surface area contributed by atoms with Crippen LogP contribution in [-0.4, -0.2) is 24.2 Å². The second-order valence-electron chi connectivity index (χ2n) is 7.32. The van der Waals surface area contributed by atoms with Crippen LogP contribution >= 0.6 is 0 Å². The molecule has 3 aromatic rings. The molecule has 0 saturated carbocycles. The van der Waals surface area contributed by atoms with Crippen molar-refractivity contribution >= 4 is 5.69 Å². The number of hydrogen-bond donors (Lipinski definition) is 2. The fourth-order valence-corrected chi connectivity index (χ4v) is 3.63. The van der Waals surface area contributed by atoms with Crippen LogP contribution in [0.25, 0.3) is 0 Å². The van der Waals surface area contributed by atoms with Crippen LogP contribution in [0.2, 0.25) is 0 Å². The van der Waals surface area contributed by atoms with Crippen molar-refractivity contribution in [2.24, 2.45) is 0 Å². The summed E-state index contributed by atoms with van der Waals surface area (Å²) in [5.74, 6) is 0.947. The third-order valence-corrected chi connectivity index (χ3v) is 5.31. The smallest absolute Gasteiger partial charge is 0.237 e. The van der Waals surface area contributed by atoms with E-state index in [0.717, 1.165) is 12.2 Å². The molecule has 5 heteroatoms. The molecule has 0 aliphatic carbocycles. The largest absolute Gasteiger partial charge is 0.469 e. The number of fused-ring (bicyclic) bond motifs is 1. The van der Waals surface area contributed by atoms with Gasteiger partial charge in [0.05, 0.1) is 29.9 Å². The Balaban J connectivity index is 1.50. The molecule has 2 aromatic carbocycles. The molecule has 0 spiro atoms. The maximum atomic E-state index is 9.00. The van der Waals surface area contributed by atoms with E-state index in [9.17, 15) is 0 Å². The van der Waals surface area contributed by atoms with E-state index in [4.69, 9.17) is 10.00 Å². The molecule has 0 radical (unpaired) electrons. The van der Waals surface area contributed by atoms with E-state index >= 15 is 0 Å². The molecule has 2 N–H and O–H groups in total. The highest BCUT2D eigenvalue weighted by atomic mass is 16.5. The van der Waals surface area contributed by atoms with Crippen molar-refractivity contribution in [3.8, 4) is 11.9 Å². The normalized spacial score (nSPS) is 17.2. The summed E-state index contributed by atoms with van der Waals surface area (Å²) in [7, 11) is 0. The molecule has 4 rings (SSSR count). The maximum Gasteiger partial charge on any atom is 0.237 e.